The van der Waals surface area contributed by atoms with Gasteiger partial charge in [-0.1, -0.05) is 0 Å². The molecule has 20 heavy (non-hydrogen) atoms. The Hall–Kier alpha value is -1.95. The average Bonchev–Trinajstić information content (AvgIpc) is 2.93. The van der Waals surface area contributed by atoms with E-state index in [9.17, 15) is 9.18 Å². The van der Waals surface area contributed by atoms with Crippen molar-refractivity contribution in [3.8, 4) is 0 Å². The molecule has 0 aliphatic carbocycles. The van der Waals surface area contributed by atoms with Crippen LogP contribution in [0.25, 0.3) is 0 Å². The van der Waals surface area contributed by atoms with Gasteiger partial charge in [-0.3, -0.25) is 4.79 Å². The Balaban J connectivity index is 2.23. The molecule has 1 heterocycles. The lowest BCUT2D eigenvalue weighted by molar-refractivity contribution is -0.116. The van der Waals surface area contributed by atoms with Crippen LogP contribution in [-0.4, -0.2) is 26.8 Å². The summed E-state index contributed by atoms with van der Waals surface area (Å²) in [4.78, 5) is 14.9. The highest BCUT2D eigenvalue weighted by molar-refractivity contribution is 6.29. The molecule has 1 aromatic heterocycles. The molecular formula is C13H14ClFN4O. The summed E-state index contributed by atoms with van der Waals surface area (Å²) < 4.78 is 13.0. The van der Waals surface area contributed by atoms with E-state index in [0.717, 1.165) is 0 Å². The number of hydrogen-bond donors (Lipinski definition) is 0. The van der Waals surface area contributed by atoms with E-state index in [0.29, 0.717) is 17.9 Å². The minimum atomic E-state index is -0.357. The molecule has 0 saturated heterocycles. The van der Waals surface area contributed by atoms with Crippen LogP contribution < -0.4 is 4.90 Å². The van der Waals surface area contributed by atoms with Crippen molar-refractivity contribution in [3.05, 3.63) is 42.0 Å². The van der Waals surface area contributed by atoms with Gasteiger partial charge in [0.05, 0.1) is 19.3 Å². The lowest BCUT2D eigenvalue weighted by Gasteiger charge is -2.20. The van der Waals surface area contributed by atoms with Crippen LogP contribution in [0.2, 0.25) is 0 Å². The van der Waals surface area contributed by atoms with Gasteiger partial charge in [0.25, 0.3) is 0 Å². The number of carbonyl (C=O) groups is 1. The second-order valence-electron chi connectivity index (χ2n) is 4.11. The first kappa shape index (κ1) is 14.5. The lowest BCUT2D eigenvalue weighted by Crippen LogP contribution is -2.31. The van der Waals surface area contributed by atoms with Crippen LogP contribution in [0.5, 0.6) is 0 Å². The van der Waals surface area contributed by atoms with E-state index in [1.54, 1.807) is 6.20 Å². The minimum absolute atomic E-state index is 0.153. The van der Waals surface area contributed by atoms with Crippen molar-refractivity contribution in [2.75, 3.05) is 10.8 Å². The van der Waals surface area contributed by atoms with Gasteiger partial charge in [-0.25, -0.2) is 4.39 Å². The van der Waals surface area contributed by atoms with Crippen molar-refractivity contribution < 1.29 is 9.18 Å². The Kier molecular flexibility index (Phi) is 4.68. The summed E-state index contributed by atoms with van der Waals surface area (Å²) in [6.07, 6.45) is 1.60. The molecule has 0 aliphatic rings. The van der Waals surface area contributed by atoms with E-state index in [4.69, 9.17) is 11.6 Å². The monoisotopic (exact) mass is 296 g/mol. The van der Waals surface area contributed by atoms with Crippen LogP contribution in [0.15, 0.2) is 30.5 Å². The first-order valence-corrected chi connectivity index (χ1v) is 6.68. The van der Waals surface area contributed by atoms with E-state index in [1.165, 1.54) is 34.0 Å². The van der Waals surface area contributed by atoms with Gasteiger partial charge in [-0.2, -0.15) is 15.0 Å². The Morgan fingerprint density at radius 2 is 2.10 bits per heavy atom. The molecule has 0 unspecified atom stereocenters. The Labute approximate surface area is 120 Å². The van der Waals surface area contributed by atoms with E-state index in [-0.39, 0.29) is 24.1 Å². The highest BCUT2D eigenvalue weighted by atomic mass is 35.5. The number of anilines is 1. The molecule has 1 aromatic carbocycles. The van der Waals surface area contributed by atoms with Crippen LogP contribution in [-0.2, 0) is 17.9 Å². The number of amides is 1. The maximum atomic E-state index is 13.0. The Bertz CT molecular complexity index is 584. The third-order valence-electron chi connectivity index (χ3n) is 2.74. The summed E-state index contributed by atoms with van der Waals surface area (Å²) in [6.45, 7) is 2.82. The van der Waals surface area contributed by atoms with E-state index in [1.807, 2.05) is 6.92 Å². The quantitative estimate of drug-likeness (QED) is 0.795. The zero-order valence-electron chi connectivity index (χ0n) is 11.0. The van der Waals surface area contributed by atoms with Crippen LogP contribution in [0.4, 0.5) is 10.1 Å². The number of hydrogen-bond acceptors (Lipinski definition) is 3. The molecule has 5 nitrogen and oxygen atoms in total. The fourth-order valence-electron chi connectivity index (χ4n) is 1.74. The molecule has 2 aromatic rings. The number of aryl methyl sites for hydroxylation is 1. The van der Waals surface area contributed by atoms with Gasteiger partial charge in [-0.05, 0) is 31.2 Å². The summed E-state index contributed by atoms with van der Waals surface area (Å²) in [7, 11) is 0. The first-order chi connectivity index (χ1) is 9.63. The summed E-state index contributed by atoms with van der Waals surface area (Å²) in [6, 6.07) is 5.66. The second kappa shape index (κ2) is 6.47. The predicted octanol–water partition coefficient (Wildman–Crippen LogP) is 2.21. The highest BCUT2D eigenvalue weighted by Crippen LogP contribution is 2.17. The SMILES string of the molecule is CCn1ncc(CN(C(=O)CCl)c2ccc(F)cc2)n1. The van der Waals surface area contributed by atoms with E-state index >= 15 is 0 Å². The molecule has 0 aliphatic heterocycles. The topological polar surface area (TPSA) is 51.0 Å². The molecule has 0 bridgehead atoms. The van der Waals surface area contributed by atoms with Crippen molar-refractivity contribution in [2.45, 2.75) is 20.0 Å². The first-order valence-electron chi connectivity index (χ1n) is 6.15. The number of aromatic nitrogens is 3. The molecule has 0 saturated carbocycles. The van der Waals surface area contributed by atoms with Crippen LogP contribution >= 0.6 is 11.6 Å². The summed E-state index contributed by atoms with van der Waals surface area (Å²) in [5.74, 6) is -0.785. The van der Waals surface area contributed by atoms with Crippen molar-refractivity contribution in [2.24, 2.45) is 0 Å². The molecule has 0 spiro atoms. The Morgan fingerprint density at radius 1 is 1.40 bits per heavy atom. The number of halogens is 2. The number of nitrogens with zero attached hydrogens (tertiary/aromatic N) is 4. The standard InChI is InChI=1S/C13H14ClFN4O/c1-2-19-16-8-11(17-19)9-18(13(20)7-14)12-5-3-10(15)4-6-12/h3-6,8H,2,7,9H2,1H3. The molecule has 1 amide bonds. The smallest absolute Gasteiger partial charge is 0.242 e. The number of carbonyl (C=O) groups excluding carboxylic acids is 1. The molecular weight excluding hydrogens is 283 g/mol. The Morgan fingerprint density at radius 3 is 2.65 bits per heavy atom. The molecule has 7 heteroatoms. The third-order valence-corrected chi connectivity index (χ3v) is 2.97. The normalized spacial score (nSPS) is 10.6. The average molecular weight is 297 g/mol. The number of rotatable bonds is 5. The minimum Gasteiger partial charge on any atom is -0.305 e. The van der Waals surface area contributed by atoms with Gasteiger partial charge < -0.3 is 4.90 Å². The molecule has 106 valence electrons. The zero-order chi connectivity index (χ0) is 14.5. The van der Waals surface area contributed by atoms with Gasteiger partial charge in [0.15, 0.2) is 0 Å². The third kappa shape index (κ3) is 3.33. The lowest BCUT2D eigenvalue weighted by atomic mass is 10.2. The predicted molar refractivity (Wildman–Crippen MR) is 74.0 cm³/mol. The molecule has 0 N–H and O–H groups in total. The maximum Gasteiger partial charge on any atom is 0.242 e. The number of alkyl halides is 1. The molecule has 0 fully saturated rings. The van der Waals surface area contributed by atoms with E-state index < -0.39 is 0 Å². The summed E-state index contributed by atoms with van der Waals surface area (Å²) >= 11 is 5.62. The van der Waals surface area contributed by atoms with E-state index in [2.05, 4.69) is 10.2 Å². The van der Waals surface area contributed by atoms with Gasteiger partial charge in [0.1, 0.15) is 17.4 Å². The van der Waals surface area contributed by atoms with Gasteiger partial charge in [0, 0.05) is 5.69 Å². The van der Waals surface area contributed by atoms with Gasteiger partial charge in [0.2, 0.25) is 5.91 Å². The maximum absolute atomic E-state index is 13.0. The fraction of sp³-hybridized carbons (Fsp3) is 0.308. The highest BCUT2D eigenvalue weighted by Gasteiger charge is 2.17. The van der Waals surface area contributed by atoms with Crippen LogP contribution in [0, 0.1) is 5.82 Å². The van der Waals surface area contributed by atoms with Crippen molar-refractivity contribution in [1.82, 2.24) is 15.0 Å². The largest absolute Gasteiger partial charge is 0.305 e. The van der Waals surface area contributed by atoms with Crippen molar-refractivity contribution in [1.29, 1.82) is 0 Å². The van der Waals surface area contributed by atoms with Crippen molar-refractivity contribution >= 4 is 23.2 Å². The summed E-state index contributed by atoms with van der Waals surface area (Å²) in [5.41, 5.74) is 1.22. The molecule has 2 rings (SSSR count). The van der Waals surface area contributed by atoms with Gasteiger partial charge in [-0.15, -0.1) is 11.6 Å². The van der Waals surface area contributed by atoms with Crippen LogP contribution in [0.3, 0.4) is 0 Å². The van der Waals surface area contributed by atoms with Crippen molar-refractivity contribution in [3.63, 3.8) is 0 Å². The van der Waals surface area contributed by atoms with Crippen LogP contribution in [0.1, 0.15) is 12.6 Å². The second-order valence-corrected chi connectivity index (χ2v) is 4.38. The van der Waals surface area contributed by atoms with Gasteiger partial charge >= 0.3 is 0 Å². The molecule has 0 atom stereocenters. The zero-order valence-corrected chi connectivity index (χ0v) is 11.7. The fourth-order valence-corrected chi connectivity index (χ4v) is 1.88. The number of benzene rings is 1. The molecule has 0 radical (unpaired) electrons. The summed E-state index contributed by atoms with van der Waals surface area (Å²) in [5, 5.41) is 8.28.